The lowest BCUT2D eigenvalue weighted by Crippen LogP contribution is -2.45. The number of nitrogens with zero attached hydrogens (tertiary/aromatic N) is 1. The molecule has 0 aromatic heterocycles. The summed E-state index contributed by atoms with van der Waals surface area (Å²) in [4.78, 5) is 20.3. The summed E-state index contributed by atoms with van der Waals surface area (Å²) in [6, 6.07) is 7.79. The molecule has 0 amide bonds. The van der Waals surface area contributed by atoms with Gasteiger partial charge in [-0.25, -0.2) is 9.59 Å². The highest BCUT2D eigenvalue weighted by molar-refractivity contribution is 5.73. The second kappa shape index (κ2) is 15.2. The quantitative estimate of drug-likeness (QED) is 0.328. The van der Waals surface area contributed by atoms with Crippen molar-refractivity contribution in [2.75, 3.05) is 18.0 Å². The summed E-state index contributed by atoms with van der Waals surface area (Å²) in [5.74, 6) is -5.51. The number of alkyl halides is 6. The van der Waals surface area contributed by atoms with Crippen molar-refractivity contribution in [3.63, 3.8) is 0 Å². The zero-order valence-electron chi connectivity index (χ0n) is 22.2. The standard InChI is InChI=1S/C21H36N2O.2C2HF3O2/c1-16-8-6-10-20(18(16)3)23-14-11-19(12-15-23)22-17(2)9-7-13-21(4,5)24;2*3-2(4,5)1(6)7/h6,8,10,17,19,22,24H,7,9,11-15H2,1-5H3;2*(H,6,7). The van der Waals surface area contributed by atoms with Crippen LogP contribution in [0.3, 0.4) is 0 Å². The fourth-order valence-corrected chi connectivity index (χ4v) is 3.69. The lowest BCUT2D eigenvalue weighted by Gasteiger charge is -2.36. The van der Waals surface area contributed by atoms with Gasteiger partial charge in [0.15, 0.2) is 0 Å². The van der Waals surface area contributed by atoms with Crippen LogP contribution in [-0.4, -0.2) is 70.4 Å². The highest BCUT2D eigenvalue weighted by atomic mass is 19.4. The number of aliphatic hydroxyl groups is 1. The number of carboxylic acid groups (broad SMARTS) is 2. The Hall–Kier alpha value is -2.54. The van der Waals surface area contributed by atoms with Gasteiger partial charge in [0.2, 0.25) is 0 Å². The molecule has 0 radical (unpaired) electrons. The predicted octanol–water partition coefficient (Wildman–Crippen LogP) is 5.46. The second-order valence-corrected chi connectivity index (χ2v) is 9.86. The maximum Gasteiger partial charge on any atom is 0.490 e. The van der Waals surface area contributed by atoms with E-state index in [1.165, 1.54) is 29.7 Å². The van der Waals surface area contributed by atoms with Crippen LogP contribution in [0, 0.1) is 13.8 Å². The van der Waals surface area contributed by atoms with Crippen molar-refractivity contribution in [3.05, 3.63) is 29.3 Å². The molecule has 2 rings (SSSR count). The molecule has 0 bridgehead atoms. The number of halogens is 6. The van der Waals surface area contributed by atoms with E-state index >= 15 is 0 Å². The van der Waals surface area contributed by atoms with Gasteiger partial charge in [0, 0.05) is 30.9 Å². The Morgan fingerprint density at radius 2 is 1.45 bits per heavy atom. The third kappa shape index (κ3) is 15.0. The zero-order valence-corrected chi connectivity index (χ0v) is 22.2. The summed E-state index contributed by atoms with van der Waals surface area (Å²) in [7, 11) is 0. The number of benzene rings is 1. The molecule has 1 aromatic carbocycles. The molecular formula is C25H38F6N2O5. The smallest absolute Gasteiger partial charge is 0.475 e. The molecule has 0 aliphatic carbocycles. The summed E-state index contributed by atoms with van der Waals surface area (Å²) < 4.78 is 63.5. The first-order valence-corrected chi connectivity index (χ1v) is 12.0. The Balaban J connectivity index is 0.000000804. The fraction of sp³-hybridized carbons (Fsp3) is 0.680. The van der Waals surface area contributed by atoms with E-state index in [0.29, 0.717) is 12.1 Å². The van der Waals surface area contributed by atoms with E-state index in [9.17, 15) is 31.4 Å². The largest absolute Gasteiger partial charge is 0.490 e. The molecule has 1 aliphatic heterocycles. The van der Waals surface area contributed by atoms with Gasteiger partial charge in [-0.1, -0.05) is 12.1 Å². The number of rotatable bonds is 7. The molecule has 1 atom stereocenters. The number of hydrogen-bond donors (Lipinski definition) is 4. The Kier molecular flexibility index (Phi) is 14.1. The van der Waals surface area contributed by atoms with E-state index in [1.807, 2.05) is 13.8 Å². The number of carboxylic acids is 2. The van der Waals surface area contributed by atoms with E-state index < -0.39 is 29.9 Å². The molecule has 38 heavy (non-hydrogen) atoms. The zero-order chi connectivity index (χ0) is 29.9. The van der Waals surface area contributed by atoms with Crippen molar-refractivity contribution in [1.82, 2.24) is 5.32 Å². The molecule has 1 heterocycles. The van der Waals surface area contributed by atoms with Gasteiger partial charge in [-0.15, -0.1) is 0 Å². The van der Waals surface area contributed by atoms with Gasteiger partial charge in [0.05, 0.1) is 5.60 Å². The minimum atomic E-state index is -5.08. The topological polar surface area (TPSA) is 110 Å². The van der Waals surface area contributed by atoms with Crippen LogP contribution in [0.4, 0.5) is 32.0 Å². The lowest BCUT2D eigenvalue weighted by atomic mass is 9.98. The molecule has 0 spiro atoms. The van der Waals surface area contributed by atoms with Crippen molar-refractivity contribution < 1.29 is 51.3 Å². The van der Waals surface area contributed by atoms with Gasteiger partial charge in [-0.05, 0) is 83.9 Å². The SMILES string of the molecule is Cc1cccc(N2CCC(NC(C)CCCC(C)(C)O)CC2)c1C.O=C(O)C(F)(F)F.O=C(O)C(F)(F)F. The van der Waals surface area contributed by atoms with Crippen LogP contribution in [0.5, 0.6) is 0 Å². The minimum absolute atomic E-state index is 0.531. The molecule has 7 nitrogen and oxygen atoms in total. The summed E-state index contributed by atoms with van der Waals surface area (Å²) in [5, 5.41) is 27.9. The molecule has 1 fully saturated rings. The van der Waals surface area contributed by atoms with Crippen LogP contribution < -0.4 is 10.2 Å². The average molecular weight is 561 g/mol. The molecule has 13 heteroatoms. The second-order valence-electron chi connectivity index (χ2n) is 9.86. The molecule has 1 aliphatic rings. The number of hydrogen-bond acceptors (Lipinski definition) is 5. The van der Waals surface area contributed by atoms with Gasteiger partial charge >= 0.3 is 24.3 Å². The Morgan fingerprint density at radius 3 is 1.84 bits per heavy atom. The minimum Gasteiger partial charge on any atom is -0.475 e. The molecular weight excluding hydrogens is 522 g/mol. The number of aryl methyl sites for hydroxylation is 1. The van der Waals surface area contributed by atoms with Crippen LogP contribution >= 0.6 is 0 Å². The Bertz CT molecular complexity index is 852. The van der Waals surface area contributed by atoms with E-state index in [-0.39, 0.29) is 0 Å². The maximum atomic E-state index is 10.6. The first kappa shape index (κ1) is 35.5. The summed E-state index contributed by atoms with van der Waals surface area (Å²) in [6.07, 6.45) is -4.64. The van der Waals surface area contributed by atoms with Gasteiger partial charge < -0.3 is 25.5 Å². The number of aliphatic carboxylic acids is 2. The van der Waals surface area contributed by atoms with Crippen LogP contribution in [0.25, 0.3) is 0 Å². The van der Waals surface area contributed by atoms with Crippen molar-refractivity contribution in [1.29, 1.82) is 0 Å². The number of carbonyl (C=O) groups is 2. The molecule has 0 saturated carbocycles. The monoisotopic (exact) mass is 560 g/mol. The number of nitrogens with one attached hydrogen (secondary N) is 1. The highest BCUT2D eigenvalue weighted by Gasteiger charge is 2.38. The van der Waals surface area contributed by atoms with Crippen LogP contribution in [0.1, 0.15) is 64.0 Å². The van der Waals surface area contributed by atoms with Crippen molar-refractivity contribution in [2.45, 2.75) is 96.8 Å². The Labute approximate surface area is 218 Å². The normalized spacial score (nSPS) is 15.5. The molecule has 1 unspecified atom stereocenters. The van der Waals surface area contributed by atoms with Crippen LogP contribution in [-0.2, 0) is 9.59 Å². The highest BCUT2D eigenvalue weighted by Crippen LogP contribution is 2.26. The molecule has 220 valence electrons. The third-order valence-electron chi connectivity index (χ3n) is 5.84. The fourth-order valence-electron chi connectivity index (χ4n) is 3.69. The number of piperidine rings is 1. The average Bonchev–Trinajstić information content (AvgIpc) is 2.75. The number of anilines is 1. The van der Waals surface area contributed by atoms with Gasteiger partial charge in [-0.3, -0.25) is 0 Å². The van der Waals surface area contributed by atoms with Crippen LogP contribution in [0.15, 0.2) is 18.2 Å². The first-order valence-electron chi connectivity index (χ1n) is 12.0. The van der Waals surface area contributed by atoms with Crippen molar-refractivity contribution in [3.8, 4) is 0 Å². The van der Waals surface area contributed by atoms with E-state index in [1.54, 1.807) is 0 Å². The predicted molar refractivity (Wildman–Crippen MR) is 131 cm³/mol. The van der Waals surface area contributed by atoms with E-state index in [0.717, 1.165) is 32.4 Å². The molecule has 4 N–H and O–H groups in total. The third-order valence-corrected chi connectivity index (χ3v) is 5.84. The summed E-state index contributed by atoms with van der Waals surface area (Å²) >= 11 is 0. The van der Waals surface area contributed by atoms with E-state index in [2.05, 4.69) is 49.2 Å². The summed E-state index contributed by atoms with van der Waals surface area (Å²) in [6.45, 7) is 12.8. The van der Waals surface area contributed by atoms with Gasteiger partial charge in [0.1, 0.15) is 0 Å². The lowest BCUT2D eigenvalue weighted by molar-refractivity contribution is -0.193. The molecule has 1 saturated heterocycles. The van der Waals surface area contributed by atoms with Gasteiger partial charge in [-0.2, -0.15) is 26.3 Å². The van der Waals surface area contributed by atoms with Crippen molar-refractivity contribution >= 4 is 17.6 Å². The summed E-state index contributed by atoms with van der Waals surface area (Å²) in [5.41, 5.74) is 3.68. The maximum absolute atomic E-state index is 10.6. The van der Waals surface area contributed by atoms with E-state index in [4.69, 9.17) is 19.8 Å². The first-order chi connectivity index (χ1) is 17.1. The van der Waals surface area contributed by atoms with Crippen LogP contribution in [0.2, 0.25) is 0 Å². The van der Waals surface area contributed by atoms with Crippen molar-refractivity contribution in [2.24, 2.45) is 0 Å². The Morgan fingerprint density at radius 1 is 1.00 bits per heavy atom. The molecule has 1 aromatic rings. The van der Waals surface area contributed by atoms with Gasteiger partial charge in [0.25, 0.3) is 0 Å².